The molecule has 0 aliphatic heterocycles. The molecule has 0 bridgehead atoms. The van der Waals surface area contributed by atoms with Gasteiger partial charge in [-0.3, -0.25) is 4.79 Å². The lowest BCUT2D eigenvalue weighted by Gasteiger charge is -2.09. The quantitative estimate of drug-likeness (QED) is 0.880. The van der Waals surface area contributed by atoms with E-state index < -0.39 is 11.8 Å². The van der Waals surface area contributed by atoms with Crippen molar-refractivity contribution in [3.8, 4) is 0 Å². The molecule has 1 N–H and O–H groups in total. The van der Waals surface area contributed by atoms with Crippen LogP contribution in [0.15, 0.2) is 48.5 Å². The first-order chi connectivity index (χ1) is 10.1. The van der Waals surface area contributed by atoms with Crippen LogP contribution in [0.1, 0.15) is 15.9 Å². The van der Waals surface area contributed by atoms with Crippen LogP contribution in [0.5, 0.6) is 0 Å². The molecule has 1 amide bonds. The van der Waals surface area contributed by atoms with Crippen LogP contribution in [0.25, 0.3) is 0 Å². The molecule has 0 saturated carbocycles. The second kappa shape index (κ2) is 6.65. The summed E-state index contributed by atoms with van der Waals surface area (Å²) < 4.78 is 17.7. The highest BCUT2D eigenvalue weighted by Gasteiger charge is 2.13. The maximum atomic E-state index is 13.1. The van der Waals surface area contributed by atoms with Crippen molar-refractivity contribution >= 4 is 17.6 Å². The second-order valence-electron chi connectivity index (χ2n) is 4.39. The average molecular weight is 287 g/mol. The molecular weight excluding hydrogens is 273 g/mol. The number of ether oxygens (including phenoxy) is 1. The minimum atomic E-state index is -0.531. The van der Waals surface area contributed by atoms with Crippen LogP contribution < -0.4 is 5.32 Å². The summed E-state index contributed by atoms with van der Waals surface area (Å²) in [6.45, 7) is 0. The molecule has 0 aliphatic rings. The number of hydrogen-bond acceptors (Lipinski definition) is 3. The van der Waals surface area contributed by atoms with Crippen LogP contribution in [0.4, 0.5) is 10.1 Å². The van der Waals surface area contributed by atoms with Crippen molar-refractivity contribution in [2.24, 2.45) is 0 Å². The minimum Gasteiger partial charge on any atom is -0.465 e. The monoisotopic (exact) mass is 287 g/mol. The van der Waals surface area contributed by atoms with Gasteiger partial charge >= 0.3 is 5.97 Å². The van der Waals surface area contributed by atoms with Crippen LogP contribution >= 0.6 is 0 Å². The van der Waals surface area contributed by atoms with Gasteiger partial charge < -0.3 is 10.1 Å². The number of benzene rings is 2. The highest BCUT2D eigenvalue weighted by molar-refractivity contribution is 6.01. The van der Waals surface area contributed by atoms with Gasteiger partial charge in [0.2, 0.25) is 5.91 Å². The van der Waals surface area contributed by atoms with Crippen LogP contribution in [0.2, 0.25) is 0 Å². The Kier molecular flexibility index (Phi) is 4.66. The number of amides is 1. The average Bonchev–Trinajstić information content (AvgIpc) is 2.47. The number of nitrogens with one attached hydrogen (secondary N) is 1. The predicted molar refractivity (Wildman–Crippen MR) is 76.5 cm³/mol. The summed E-state index contributed by atoms with van der Waals surface area (Å²) in [6.07, 6.45) is 0.0211. The van der Waals surface area contributed by atoms with Gasteiger partial charge in [-0.05, 0) is 29.8 Å². The molecule has 5 heteroatoms. The normalized spacial score (nSPS) is 10.0. The van der Waals surface area contributed by atoms with Gasteiger partial charge in [0.1, 0.15) is 5.82 Å². The molecule has 0 atom stereocenters. The summed E-state index contributed by atoms with van der Waals surface area (Å²) in [6, 6.07) is 12.4. The van der Waals surface area contributed by atoms with Crippen molar-refractivity contribution in [3.63, 3.8) is 0 Å². The number of methoxy groups -OCH3 is 1. The van der Waals surface area contributed by atoms with E-state index in [-0.39, 0.29) is 17.9 Å². The van der Waals surface area contributed by atoms with Crippen molar-refractivity contribution in [1.82, 2.24) is 0 Å². The van der Waals surface area contributed by atoms with Gasteiger partial charge in [0.15, 0.2) is 0 Å². The fourth-order valence-corrected chi connectivity index (χ4v) is 1.91. The smallest absolute Gasteiger partial charge is 0.339 e. The summed E-state index contributed by atoms with van der Waals surface area (Å²) in [4.78, 5) is 23.6. The van der Waals surface area contributed by atoms with Gasteiger partial charge in [-0.1, -0.05) is 24.3 Å². The summed E-state index contributed by atoms with van der Waals surface area (Å²) in [5.74, 6) is -1.26. The van der Waals surface area contributed by atoms with E-state index in [1.54, 1.807) is 36.4 Å². The Morgan fingerprint density at radius 1 is 1.14 bits per heavy atom. The van der Waals surface area contributed by atoms with E-state index in [9.17, 15) is 14.0 Å². The van der Waals surface area contributed by atoms with Gasteiger partial charge in [-0.2, -0.15) is 0 Å². The number of hydrogen-bond donors (Lipinski definition) is 1. The first kappa shape index (κ1) is 14.7. The SMILES string of the molecule is COC(=O)c1ccccc1NC(=O)Cc1cccc(F)c1. The van der Waals surface area contributed by atoms with Gasteiger partial charge in [-0.25, -0.2) is 9.18 Å². The Morgan fingerprint density at radius 3 is 2.62 bits per heavy atom. The molecule has 0 spiro atoms. The third-order valence-corrected chi connectivity index (χ3v) is 2.86. The lowest BCUT2D eigenvalue weighted by Crippen LogP contribution is -2.17. The number of rotatable bonds is 4. The molecule has 21 heavy (non-hydrogen) atoms. The largest absolute Gasteiger partial charge is 0.465 e. The highest BCUT2D eigenvalue weighted by atomic mass is 19.1. The Morgan fingerprint density at radius 2 is 1.90 bits per heavy atom. The number of esters is 1. The van der Waals surface area contributed by atoms with E-state index >= 15 is 0 Å². The van der Waals surface area contributed by atoms with E-state index in [0.717, 1.165) is 0 Å². The van der Waals surface area contributed by atoms with Crippen molar-refractivity contribution in [1.29, 1.82) is 0 Å². The maximum Gasteiger partial charge on any atom is 0.339 e. The van der Waals surface area contributed by atoms with Crippen LogP contribution in [0.3, 0.4) is 0 Å². The zero-order valence-corrected chi connectivity index (χ0v) is 11.4. The van der Waals surface area contributed by atoms with Crippen LogP contribution in [0, 0.1) is 5.82 Å². The van der Waals surface area contributed by atoms with Crippen LogP contribution in [-0.4, -0.2) is 19.0 Å². The fraction of sp³-hybridized carbons (Fsp3) is 0.125. The number of halogens is 1. The molecule has 4 nitrogen and oxygen atoms in total. The third-order valence-electron chi connectivity index (χ3n) is 2.86. The molecule has 0 aromatic heterocycles. The number of carbonyl (C=O) groups excluding carboxylic acids is 2. The summed E-state index contributed by atoms with van der Waals surface area (Å²) in [5, 5.41) is 2.63. The minimum absolute atomic E-state index is 0.0211. The van der Waals surface area contributed by atoms with E-state index in [1.807, 2.05) is 0 Å². The van der Waals surface area contributed by atoms with Crippen molar-refractivity contribution in [2.45, 2.75) is 6.42 Å². The van der Waals surface area contributed by atoms with E-state index in [1.165, 1.54) is 19.2 Å². The fourth-order valence-electron chi connectivity index (χ4n) is 1.91. The van der Waals surface area contributed by atoms with Gasteiger partial charge in [0.25, 0.3) is 0 Å². The Balaban J connectivity index is 2.11. The molecule has 2 rings (SSSR count). The second-order valence-corrected chi connectivity index (χ2v) is 4.39. The molecule has 0 heterocycles. The van der Waals surface area contributed by atoms with E-state index in [4.69, 9.17) is 0 Å². The van der Waals surface area contributed by atoms with Gasteiger partial charge in [0.05, 0.1) is 24.8 Å². The lowest BCUT2D eigenvalue weighted by molar-refractivity contribution is -0.115. The molecule has 0 aliphatic carbocycles. The van der Waals surface area contributed by atoms with Crippen molar-refractivity contribution in [2.75, 3.05) is 12.4 Å². The number of carbonyl (C=O) groups is 2. The van der Waals surface area contributed by atoms with E-state index in [0.29, 0.717) is 11.3 Å². The van der Waals surface area contributed by atoms with Gasteiger partial charge in [-0.15, -0.1) is 0 Å². The Bertz CT molecular complexity index is 670. The van der Waals surface area contributed by atoms with Crippen molar-refractivity contribution < 1.29 is 18.7 Å². The van der Waals surface area contributed by atoms with Crippen LogP contribution in [-0.2, 0) is 16.0 Å². The number of anilines is 1. The lowest BCUT2D eigenvalue weighted by atomic mass is 10.1. The Hall–Kier alpha value is -2.69. The zero-order valence-electron chi connectivity index (χ0n) is 11.4. The highest BCUT2D eigenvalue weighted by Crippen LogP contribution is 2.16. The predicted octanol–water partition coefficient (Wildman–Crippen LogP) is 2.79. The maximum absolute atomic E-state index is 13.1. The topological polar surface area (TPSA) is 55.4 Å². The number of para-hydroxylation sites is 1. The molecule has 0 fully saturated rings. The molecule has 0 radical (unpaired) electrons. The first-order valence-electron chi connectivity index (χ1n) is 6.32. The Labute approximate surface area is 121 Å². The molecule has 2 aromatic rings. The molecule has 0 unspecified atom stereocenters. The molecular formula is C16H14FNO3. The third kappa shape index (κ3) is 3.89. The zero-order chi connectivity index (χ0) is 15.2. The standard InChI is InChI=1S/C16H14FNO3/c1-21-16(20)13-7-2-3-8-14(13)18-15(19)10-11-5-4-6-12(17)9-11/h2-9H,10H2,1H3,(H,18,19). The molecule has 108 valence electrons. The molecule has 2 aromatic carbocycles. The van der Waals surface area contributed by atoms with E-state index in [2.05, 4.69) is 10.1 Å². The summed E-state index contributed by atoms with van der Waals surface area (Å²) in [7, 11) is 1.27. The van der Waals surface area contributed by atoms with Crippen molar-refractivity contribution in [3.05, 3.63) is 65.5 Å². The summed E-state index contributed by atoms with van der Waals surface area (Å²) >= 11 is 0. The first-order valence-corrected chi connectivity index (χ1v) is 6.32. The van der Waals surface area contributed by atoms with Gasteiger partial charge in [0, 0.05) is 0 Å². The molecule has 0 saturated heterocycles. The summed E-state index contributed by atoms with van der Waals surface area (Å²) in [5.41, 5.74) is 1.20.